The summed E-state index contributed by atoms with van der Waals surface area (Å²) >= 11 is 0. The molecule has 0 saturated heterocycles. The second-order valence-corrected chi connectivity index (χ2v) is 9.40. The molecule has 0 atom stereocenters. The monoisotopic (exact) mass is 412 g/mol. The molecule has 0 amide bonds. The van der Waals surface area contributed by atoms with Gasteiger partial charge in [0.05, 0.1) is 17.4 Å². The van der Waals surface area contributed by atoms with Crippen LogP contribution in [0.25, 0.3) is 27.8 Å². The van der Waals surface area contributed by atoms with E-state index in [0.717, 1.165) is 64.9 Å². The first-order chi connectivity index (χ1) is 14.9. The Hall–Kier alpha value is -3.41. The minimum Gasteiger partial charge on any atom is -0.398 e. The molecule has 1 aliphatic rings. The van der Waals surface area contributed by atoms with Crippen LogP contribution in [0, 0.1) is 5.41 Å². The third-order valence-electron chi connectivity index (χ3n) is 5.97. The number of hydrogen-bond donors (Lipinski definition) is 3. The van der Waals surface area contributed by atoms with E-state index in [1.807, 2.05) is 18.3 Å². The van der Waals surface area contributed by atoms with Gasteiger partial charge in [0, 0.05) is 40.2 Å². The zero-order valence-electron chi connectivity index (χ0n) is 18.3. The highest BCUT2D eigenvalue weighted by Crippen LogP contribution is 2.37. The largest absolute Gasteiger partial charge is 0.398 e. The molecule has 5 rings (SSSR count). The third kappa shape index (κ3) is 3.32. The number of nitrogens with two attached hydrogens (primary N) is 1. The molecule has 0 fully saturated rings. The van der Waals surface area contributed by atoms with Gasteiger partial charge in [0.15, 0.2) is 0 Å². The zero-order chi connectivity index (χ0) is 21.8. The Morgan fingerprint density at radius 2 is 1.87 bits per heavy atom. The van der Waals surface area contributed by atoms with Crippen molar-refractivity contribution in [2.24, 2.45) is 0 Å². The van der Waals surface area contributed by atoms with Crippen molar-refractivity contribution in [2.75, 3.05) is 11.1 Å². The van der Waals surface area contributed by atoms with Crippen molar-refractivity contribution >= 4 is 34.3 Å². The number of imidazole rings is 1. The second kappa shape index (κ2) is 7.08. The highest BCUT2D eigenvalue weighted by Gasteiger charge is 2.22. The number of pyridine rings is 2. The maximum absolute atomic E-state index is 7.92. The van der Waals surface area contributed by atoms with E-state index in [1.54, 1.807) is 0 Å². The lowest BCUT2D eigenvalue weighted by Gasteiger charge is -2.23. The molecule has 31 heavy (non-hydrogen) atoms. The Kier molecular flexibility index (Phi) is 4.46. The van der Waals surface area contributed by atoms with E-state index in [4.69, 9.17) is 16.1 Å². The van der Waals surface area contributed by atoms with Crippen molar-refractivity contribution in [1.29, 1.82) is 5.41 Å². The average Bonchev–Trinajstić information content (AvgIpc) is 3.13. The van der Waals surface area contributed by atoms with Gasteiger partial charge in [-0.1, -0.05) is 0 Å². The Morgan fingerprint density at radius 3 is 2.61 bits per heavy atom. The minimum absolute atomic E-state index is 0.0601. The van der Waals surface area contributed by atoms with Crippen LogP contribution in [0.4, 0.5) is 11.5 Å². The van der Waals surface area contributed by atoms with Crippen molar-refractivity contribution in [2.45, 2.75) is 52.0 Å². The number of rotatable bonds is 3. The molecule has 0 bridgehead atoms. The lowest BCUT2D eigenvalue weighted by Crippen LogP contribution is -2.26. The predicted molar refractivity (Wildman–Crippen MR) is 128 cm³/mol. The zero-order valence-corrected chi connectivity index (χ0v) is 18.3. The molecule has 1 aromatic carbocycles. The first kappa shape index (κ1) is 19.5. The van der Waals surface area contributed by atoms with Crippen LogP contribution in [-0.2, 0) is 12.8 Å². The number of benzene rings is 1. The summed E-state index contributed by atoms with van der Waals surface area (Å²) < 4.78 is 2.10. The van der Waals surface area contributed by atoms with Gasteiger partial charge in [-0.05, 0) is 81.8 Å². The lowest BCUT2D eigenvalue weighted by atomic mass is 9.85. The fourth-order valence-corrected chi connectivity index (χ4v) is 4.66. The van der Waals surface area contributed by atoms with E-state index in [-0.39, 0.29) is 5.54 Å². The third-order valence-corrected chi connectivity index (χ3v) is 5.97. The molecular weight excluding hydrogens is 384 g/mol. The van der Waals surface area contributed by atoms with Crippen molar-refractivity contribution in [3.05, 3.63) is 53.3 Å². The molecule has 0 aliphatic heterocycles. The summed E-state index contributed by atoms with van der Waals surface area (Å²) in [6.45, 7) is 6.43. The quantitative estimate of drug-likeness (QED) is 0.318. The summed E-state index contributed by atoms with van der Waals surface area (Å²) in [6.07, 6.45) is 9.68. The van der Waals surface area contributed by atoms with Crippen LogP contribution in [0.1, 0.15) is 50.3 Å². The summed E-state index contributed by atoms with van der Waals surface area (Å²) in [5.74, 6) is 0.970. The van der Waals surface area contributed by atoms with Gasteiger partial charge < -0.3 is 16.5 Å². The van der Waals surface area contributed by atoms with E-state index in [0.29, 0.717) is 5.69 Å². The first-order valence-electron chi connectivity index (χ1n) is 10.9. The number of anilines is 2. The van der Waals surface area contributed by atoms with E-state index < -0.39 is 0 Å². The maximum Gasteiger partial charge on any atom is 0.138 e. The van der Waals surface area contributed by atoms with Gasteiger partial charge in [0.2, 0.25) is 0 Å². The van der Waals surface area contributed by atoms with Crippen molar-refractivity contribution in [3.63, 3.8) is 0 Å². The Labute approximate surface area is 182 Å². The van der Waals surface area contributed by atoms with Crippen LogP contribution in [0.5, 0.6) is 0 Å². The van der Waals surface area contributed by atoms with Gasteiger partial charge in [0.1, 0.15) is 11.5 Å². The molecule has 6 heteroatoms. The molecule has 4 N–H and O–H groups in total. The number of nitrogens with one attached hydrogen (secondary N) is 2. The van der Waals surface area contributed by atoms with Crippen LogP contribution in [-0.4, -0.2) is 26.1 Å². The standard InChI is InChI=1S/C25H28N6/c1-25(2,3)30-22-13-28-21-11-8-15(14-31(21)22)24-17-7-5-4-6-16(17)23-18(12-26)19(27)9-10-20(23)29-24/h8-14,26,30H,4-7,27H2,1-3H3. The average molecular weight is 413 g/mol. The summed E-state index contributed by atoms with van der Waals surface area (Å²) in [5.41, 5.74) is 14.1. The van der Waals surface area contributed by atoms with Gasteiger partial charge in [-0.15, -0.1) is 0 Å². The van der Waals surface area contributed by atoms with Gasteiger partial charge in [-0.2, -0.15) is 0 Å². The van der Waals surface area contributed by atoms with Gasteiger partial charge in [-0.25, -0.2) is 9.97 Å². The van der Waals surface area contributed by atoms with E-state index in [1.165, 1.54) is 17.3 Å². The molecule has 6 nitrogen and oxygen atoms in total. The molecule has 3 heterocycles. The van der Waals surface area contributed by atoms with Crippen LogP contribution < -0.4 is 11.1 Å². The van der Waals surface area contributed by atoms with Crippen LogP contribution in [0.2, 0.25) is 0 Å². The summed E-state index contributed by atoms with van der Waals surface area (Å²) in [5, 5.41) is 12.5. The van der Waals surface area contributed by atoms with Crippen LogP contribution >= 0.6 is 0 Å². The minimum atomic E-state index is -0.0601. The Morgan fingerprint density at radius 1 is 1.10 bits per heavy atom. The number of nitrogens with zero attached hydrogens (tertiary/aromatic N) is 3. The van der Waals surface area contributed by atoms with Crippen molar-refractivity contribution in [1.82, 2.24) is 14.4 Å². The number of aromatic nitrogens is 3. The van der Waals surface area contributed by atoms with Gasteiger partial charge in [-0.3, -0.25) is 4.40 Å². The first-order valence-corrected chi connectivity index (χ1v) is 10.9. The molecule has 1 aliphatic carbocycles. The fraction of sp³-hybridized carbons (Fsp3) is 0.320. The molecule has 0 radical (unpaired) electrons. The van der Waals surface area contributed by atoms with Gasteiger partial charge in [0.25, 0.3) is 0 Å². The summed E-state index contributed by atoms with van der Waals surface area (Å²) in [4.78, 5) is 9.64. The van der Waals surface area contributed by atoms with E-state index in [2.05, 4.69) is 53.8 Å². The lowest BCUT2D eigenvalue weighted by molar-refractivity contribution is 0.629. The topological polar surface area (TPSA) is 92.1 Å². The highest BCUT2D eigenvalue weighted by atomic mass is 15.1. The molecule has 3 aromatic heterocycles. The number of aryl methyl sites for hydroxylation is 1. The SMILES string of the molecule is CC(C)(C)Nc1cnc2ccc(-c3nc4ccc(N)c(C=N)c4c4c3CCCC4)cn12. The molecular formula is C25H28N6. The number of hydrogen-bond acceptors (Lipinski definition) is 5. The molecule has 0 saturated carbocycles. The predicted octanol–water partition coefficient (Wildman–Crippen LogP) is 5.22. The second-order valence-electron chi connectivity index (χ2n) is 9.40. The number of nitrogen functional groups attached to an aromatic ring is 1. The smallest absolute Gasteiger partial charge is 0.138 e. The molecule has 4 aromatic rings. The van der Waals surface area contributed by atoms with Crippen LogP contribution in [0.3, 0.4) is 0 Å². The fourth-order valence-electron chi connectivity index (χ4n) is 4.66. The van der Waals surface area contributed by atoms with Crippen molar-refractivity contribution in [3.8, 4) is 11.3 Å². The Balaban J connectivity index is 1.75. The van der Waals surface area contributed by atoms with Crippen LogP contribution in [0.15, 0.2) is 36.7 Å². The molecule has 0 spiro atoms. The Bertz CT molecular complexity index is 1330. The summed E-state index contributed by atoms with van der Waals surface area (Å²) in [6, 6.07) is 8.01. The normalized spacial score (nSPS) is 14.0. The molecule has 0 unspecified atom stereocenters. The maximum atomic E-state index is 7.92. The van der Waals surface area contributed by atoms with E-state index in [9.17, 15) is 0 Å². The molecule has 158 valence electrons. The van der Waals surface area contributed by atoms with Crippen molar-refractivity contribution < 1.29 is 0 Å². The number of fused-ring (bicyclic) bond motifs is 4. The highest BCUT2D eigenvalue weighted by molar-refractivity contribution is 6.05. The van der Waals surface area contributed by atoms with Gasteiger partial charge >= 0.3 is 0 Å². The van der Waals surface area contributed by atoms with E-state index >= 15 is 0 Å². The summed E-state index contributed by atoms with van der Waals surface area (Å²) in [7, 11) is 0.